The topological polar surface area (TPSA) is 107 Å². The number of amides is 1. The zero-order valence-electron chi connectivity index (χ0n) is 24.6. The molecule has 2 aliphatic carbocycles. The van der Waals surface area contributed by atoms with Crippen LogP contribution in [0.25, 0.3) is 11.3 Å². The van der Waals surface area contributed by atoms with E-state index in [-0.39, 0.29) is 23.2 Å². The van der Waals surface area contributed by atoms with Gasteiger partial charge in [0.1, 0.15) is 12.3 Å². The summed E-state index contributed by atoms with van der Waals surface area (Å²) in [6.45, 7) is 8.06. The highest BCUT2D eigenvalue weighted by molar-refractivity contribution is 7.80. The molecule has 0 saturated heterocycles. The molecular weight excluding hydrogens is 550 g/mol. The van der Waals surface area contributed by atoms with Crippen LogP contribution in [-0.2, 0) is 26.4 Å². The summed E-state index contributed by atoms with van der Waals surface area (Å²) in [6, 6.07) is 17.4. The van der Waals surface area contributed by atoms with Crippen LogP contribution in [0.3, 0.4) is 0 Å². The van der Waals surface area contributed by atoms with Crippen molar-refractivity contribution >= 4 is 29.4 Å². The minimum Gasteiger partial charge on any atom is -0.461 e. The number of thiocarbonyl (C=S) groups is 1. The SMILES string of the molecule is CC(C)OC(=O)[C@](CC(C)(C)C1CC1)(NC(=S)NC(=O)OCc1ccccc1)c1ccc(-c2cnn(C3CC3)n2)cc1. The summed E-state index contributed by atoms with van der Waals surface area (Å²) < 4.78 is 11.2. The maximum atomic E-state index is 14.1. The second kappa shape index (κ2) is 12.2. The first-order valence-corrected chi connectivity index (χ1v) is 15.0. The highest BCUT2D eigenvalue weighted by atomic mass is 32.1. The Morgan fingerprint density at radius 3 is 2.36 bits per heavy atom. The van der Waals surface area contributed by atoms with E-state index in [9.17, 15) is 9.59 Å². The lowest BCUT2D eigenvalue weighted by atomic mass is 9.72. The molecule has 2 N–H and O–H groups in total. The number of esters is 1. The van der Waals surface area contributed by atoms with Crippen molar-refractivity contribution in [3.05, 3.63) is 71.9 Å². The Kier molecular flexibility index (Phi) is 8.63. The van der Waals surface area contributed by atoms with Gasteiger partial charge in [-0.15, -0.1) is 0 Å². The minimum absolute atomic E-state index is 0.0168. The number of hydrogen-bond acceptors (Lipinski definition) is 7. The molecule has 1 atom stereocenters. The van der Waals surface area contributed by atoms with Crippen molar-refractivity contribution in [1.82, 2.24) is 25.6 Å². The van der Waals surface area contributed by atoms with Gasteiger partial charge in [-0.05, 0) is 80.6 Å². The van der Waals surface area contributed by atoms with Crippen molar-refractivity contribution in [2.45, 2.75) is 84.1 Å². The van der Waals surface area contributed by atoms with E-state index in [1.54, 1.807) is 11.0 Å². The van der Waals surface area contributed by atoms with E-state index < -0.39 is 17.6 Å². The number of aromatic nitrogens is 3. The minimum atomic E-state index is -1.36. The van der Waals surface area contributed by atoms with Gasteiger partial charge in [-0.25, -0.2) is 9.59 Å². The molecule has 0 radical (unpaired) electrons. The lowest BCUT2D eigenvalue weighted by molar-refractivity contribution is -0.157. The summed E-state index contributed by atoms with van der Waals surface area (Å²) in [5.41, 5.74) is 1.63. The molecule has 0 spiro atoms. The van der Waals surface area contributed by atoms with Crippen LogP contribution in [0.5, 0.6) is 0 Å². The van der Waals surface area contributed by atoms with Crippen LogP contribution in [0.1, 0.15) is 77.0 Å². The number of benzene rings is 2. The van der Waals surface area contributed by atoms with Crippen LogP contribution >= 0.6 is 12.2 Å². The summed E-state index contributed by atoms with van der Waals surface area (Å²) in [7, 11) is 0. The molecule has 222 valence electrons. The molecular formula is C32H39N5O4S. The van der Waals surface area contributed by atoms with Gasteiger partial charge in [0, 0.05) is 5.56 Å². The predicted molar refractivity (Wildman–Crippen MR) is 163 cm³/mol. The summed E-state index contributed by atoms with van der Waals surface area (Å²) in [5, 5.41) is 14.9. The summed E-state index contributed by atoms with van der Waals surface area (Å²) in [5.74, 6) is 0.0140. The maximum Gasteiger partial charge on any atom is 0.413 e. The third-order valence-electron chi connectivity index (χ3n) is 7.91. The molecule has 42 heavy (non-hydrogen) atoms. The fourth-order valence-electron chi connectivity index (χ4n) is 5.36. The molecule has 10 heteroatoms. The van der Waals surface area contributed by atoms with E-state index >= 15 is 0 Å². The highest BCUT2D eigenvalue weighted by Gasteiger charge is 2.51. The molecule has 5 rings (SSSR count). The summed E-state index contributed by atoms with van der Waals surface area (Å²) in [4.78, 5) is 28.5. The number of carbonyl (C=O) groups is 2. The van der Waals surface area contributed by atoms with Crippen molar-refractivity contribution < 1.29 is 19.1 Å². The van der Waals surface area contributed by atoms with Crippen molar-refractivity contribution in [1.29, 1.82) is 0 Å². The van der Waals surface area contributed by atoms with Gasteiger partial charge in [-0.3, -0.25) is 5.32 Å². The van der Waals surface area contributed by atoms with E-state index in [0.29, 0.717) is 23.9 Å². The van der Waals surface area contributed by atoms with Crippen molar-refractivity contribution in [2.75, 3.05) is 0 Å². The molecule has 3 aromatic rings. The normalized spacial score (nSPS) is 16.4. The number of alkyl carbamates (subject to hydrolysis) is 1. The first kappa shape index (κ1) is 29.7. The first-order valence-electron chi connectivity index (χ1n) is 14.6. The molecule has 1 aromatic heterocycles. The Hall–Kier alpha value is -3.79. The summed E-state index contributed by atoms with van der Waals surface area (Å²) >= 11 is 5.60. The van der Waals surface area contributed by atoms with Gasteiger partial charge < -0.3 is 14.8 Å². The average molecular weight is 590 g/mol. The number of nitrogens with one attached hydrogen (secondary N) is 2. The molecule has 1 heterocycles. The monoisotopic (exact) mass is 589 g/mol. The molecule has 0 unspecified atom stereocenters. The molecule has 2 aromatic carbocycles. The summed E-state index contributed by atoms with van der Waals surface area (Å²) in [6.07, 6.45) is 5.53. The van der Waals surface area contributed by atoms with E-state index in [0.717, 1.165) is 42.5 Å². The number of ether oxygens (including phenoxy) is 2. The fraction of sp³-hybridized carbons (Fsp3) is 0.469. The second-order valence-corrected chi connectivity index (χ2v) is 12.7. The fourth-order valence-corrected chi connectivity index (χ4v) is 5.62. The molecule has 0 bridgehead atoms. The van der Waals surface area contributed by atoms with Gasteiger partial charge in [0.05, 0.1) is 18.3 Å². The lowest BCUT2D eigenvalue weighted by Crippen LogP contribution is -2.58. The molecule has 2 aliphatic rings. The van der Waals surface area contributed by atoms with Gasteiger partial charge >= 0.3 is 12.1 Å². The van der Waals surface area contributed by atoms with E-state index in [1.165, 1.54) is 0 Å². The molecule has 1 amide bonds. The third kappa shape index (κ3) is 7.15. The zero-order valence-corrected chi connectivity index (χ0v) is 25.4. The van der Waals surface area contributed by atoms with E-state index in [4.69, 9.17) is 21.7 Å². The van der Waals surface area contributed by atoms with Gasteiger partial charge in [0.2, 0.25) is 0 Å². The van der Waals surface area contributed by atoms with Gasteiger partial charge in [0.15, 0.2) is 10.7 Å². The molecule has 0 aliphatic heterocycles. The van der Waals surface area contributed by atoms with E-state index in [1.807, 2.05) is 68.4 Å². The van der Waals surface area contributed by atoms with Crippen LogP contribution in [0.15, 0.2) is 60.8 Å². The Morgan fingerprint density at radius 2 is 1.74 bits per heavy atom. The Balaban J connectivity index is 1.42. The predicted octanol–water partition coefficient (Wildman–Crippen LogP) is 6.05. The number of hydrogen-bond donors (Lipinski definition) is 2. The standard InChI is InChI=1S/C32H39N5O4S/c1-21(2)41-28(38)32(20-31(3,4)24-14-15-24,35-29(42)34-30(39)40-19-22-8-6-5-7-9-22)25-12-10-23(11-13-25)27-18-33-37(36-27)26-16-17-26/h5-13,18,21,24,26H,14-17,19-20H2,1-4H3,(H2,34,35,39,42)/t32-/m1/s1. The zero-order chi connectivity index (χ0) is 29.9. The second-order valence-electron chi connectivity index (χ2n) is 12.3. The van der Waals surface area contributed by atoms with Gasteiger partial charge in [-0.1, -0.05) is 68.4 Å². The van der Waals surface area contributed by atoms with Crippen LogP contribution in [0.4, 0.5) is 4.79 Å². The molecule has 2 saturated carbocycles. The van der Waals surface area contributed by atoms with Crippen LogP contribution in [0, 0.1) is 11.3 Å². The van der Waals surface area contributed by atoms with Crippen LogP contribution < -0.4 is 10.6 Å². The Labute approximate surface area is 252 Å². The lowest BCUT2D eigenvalue weighted by Gasteiger charge is -2.40. The third-order valence-corrected chi connectivity index (χ3v) is 8.11. The Bertz CT molecular complexity index is 1410. The maximum absolute atomic E-state index is 14.1. The average Bonchev–Trinajstić information content (AvgIpc) is 3.90. The van der Waals surface area contributed by atoms with Crippen molar-refractivity contribution in [2.24, 2.45) is 11.3 Å². The molecule has 9 nitrogen and oxygen atoms in total. The molecule has 2 fully saturated rings. The quantitative estimate of drug-likeness (QED) is 0.206. The number of carbonyl (C=O) groups excluding carboxylic acids is 2. The first-order chi connectivity index (χ1) is 20.1. The Morgan fingerprint density at radius 1 is 1.05 bits per heavy atom. The van der Waals surface area contributed by atoms with Gasteiger partial charge in [-0.2, -0.15) is 15.0 Å². The largest absolute Gasteiger partial charge is 0.461 e. The van der Waals surface area contributed by atoms with Gasteiger partial charge in [0.25, 0.3) is 0 Å². The number of rotatable bonds is 11. The van der Waals surface area contributed by atoms with Crippen molar-refractivity contribution in [3.63, 3.8) is 0 Å². The smallest absolute Gasteiger partial charge is 0.413 e. The van der Waals surface area contributed by atoms with Crippen LogP contribution in [0.2, 0.25) is 0 Å². The van der Waals surface area contributed by atoms with Crippen LogP contribution in [-0.4, -0.2) is 38.3 Å². The highest BCUT2D eigenvalue weighted by Crippen LogP contribution is 2.51. The van der Waals surface area contributed by atoms with Crippen molar-refractivity contribution in [3.8, 4) is 11.3 Å². The van der Waals surface area contributed by atoms with E-state index in [2.05, 4.69) is 34.7 Å². The number of nitrogens with zero attached hydrogens (tertiary/aromatic N) is 3.